The van der Waals surface area contributed by atoms with Gasteiger partial charge in [-0.2, -0.15) is 5.10 Å². The van der Waals surface area contributed by atoms with Crippen LogP contribution in [0.1, 0.15) is 18.8 Å². The van der Waals surface area contributed by atoms with E-state index in [0.29, 0.717) is 38.4 Å². The van der Waals surface area contributed by atoms with Crippen LogP contribution in [0.4, 0.5) is 16.0 Å². The van der Waals surface area contributed by atoms with E-state index in [-0.39, 0.29) is 11.4 Å². The fraction of sp³-hybridized carbons (Fsp3) is 0.0833. The molecule has 11 heteroatoms. The number of para-hydroxylation sites is 1. The third-order valence-corrected chi connectivity index (χ3v) is 6.17. The smallest absolute Gasteiger partial charge is 0.283 e. The summed E-state index contributed by atoms with van der Waals surface area (Å²) in [5.41, 5.74) is 7.65. The number of hydrogen-bond acceptors (Lipinski definition) is 7. The van der Waals surface area contributed by atoms with Crippen molar-refractivity contribution in [3.05, 3.63) is 93.6 Å². The van der Waals surface area contributed by atoms with E-state index in [1.165, 1.54) is 27.5 Å². The number of fused-ring (bicyclic) bond motifs is 1. The van der Waals surface area contributed by atoms with Crippen LogP contribution in [0.15, 0.2) is 76.4 Å². The Morgan fingerprint density at radius 1 is 1.14 bits per heavy atom. The van der Waals surface area contributed by atoms with Gasteiger partial charge in [-0.1, -0.05) is 24.3 Å². The number of nitrogen functional groups attached to an aromatic ring is 1. The van der Waals surface area contributed by atoms with Crippen LogP contribution in [0, 0.1) is 5.82 Å². The Kier molecular flexibility index (Phi) is 5.69. The lowest BCUT2D eigenvalue weighted by Gasteiger charge is -2.21. The number of aromatic nitrogens is 5. The number of halogens is 2. The molecule has 0 aliphatic heterocycles. The summed E-state index contributed by atoms with van der Waals surface area (Å²) in [5.74, 6) is -0.421. The molecule has 3 heterocycles. The third-order valence-electron chi connectivity index (χ3n) is 5.53. The zero-order chi connectivity index (χ0) is 24.7. The van der Waals surface area contributed by atoms with E-state index < -0.39 is 17.6 Å². The van der Waals surface area contributed by atoms with Gasteiger partial charge >= 0.3 is 0 Å². The number of nitrogens with two attached hydrogens (primary N) is 1. The predicted octanol–water partition coefficient (Wildman–Crippen LogP) is 4.30. The summed E-state index contributed by atoms with van der Waals surface area (Å²) in [6, 6.07) is 14.3. The van der Waals surface area contributed by atoms with Crippen molar-refractivity contribution < 1.29 is 9.50 Å². The maximum Gasteiger partial charge on any atom is 0.283 e. The Balaban J connectivity index is 1.65. The molecule has 0 radical (unpaired) electrons. The Hall–Kier alpha value is -4.25. The van der Waals surface area contributed by atoms with E-state index in [4.69, 9.17) is 10.8 Å². The number of rotatable bonds is 5. The van der Waals surface area contributed by atoms with Gasteiger partial charge in [0.15, 0.2) is 17.4 Å². The molecule has 176 valence electrons. The average molecular weight is 536 g/mol. The van der Waals surface area contributed by atoms with Crippen molar-refractivity contribution in [3.8, 4) is 22.6 Å². The van der Waals surface area contributed by atoms with Gasteiger partial charge in [0.1, 0.15) is 23.5 Å². The molecule has 1 unspecified atom stereocenters. The lowest BCUT2D eigenvalue weighted by molar-refractivity contribution is 0.432. The van der Waals surface area contributed by atoms with Gasteiger partial charge in [-0.15, -0.1) is 0 Å². The van der Waals surface area contributed by atoms with E-state index in [0.717, 1.165) is 6.07 Å². The first-order valence-corrected chi connectivity index (χ1v) is 11.4. The molecule has 1 atom stereocenters. The second-order valence-corrected chi connectivity index (χ2v) is 8.66. The normalized spacial score (nSPS) is 12.1. The van der Waals surface area contributed by atoms with Crippen LogP contribution in [-0.4, -0.2) is 29.3 Å². The average Bonchev–Trinajstić information content (AvgIpc) is 3.22. The first-order chi connectivity index (χ1) is 16.8. The summed E-state index contributed by atoms with van der Waals surface area (Å²) in [6.45, 7) is 1.82. The molecule has 0 amide bonds. The molecular weight excluding hydrogens is 517 g/mol. The van der Waals surface area contributed by atoms with Crippen molar-refractivity contribution in [2.75, 3.05) is 11.1 Å². The van der Waals surface area contributed by atoms with Gasteiger partial charge in [0.25, 0.3) is 5.56 Å². The lowest BCUT2D eigenvalue weighted by atomic mass is 10.1. The Labute approximate surface area is 206 Å². The number of hydrogen-bond donors (Lipinski definition) is 3. The first-order valence-electron chi connectivity index (χ1n) is 10.6. The molecule has 0 saturated heterocycles. The largest absolute Gasteiger partial charge is 0.505 e. The minimum Gasteiger partial charge on any atom is -0.505 e. The van der Waals surface area contributed by atoms with Crippen LogP contribution in [0.2, 0.25) is 0 Å². The molecule has 3 aromatic heterocycles. The molecule has 5 rings (SSSR count). The van der Waals surface area contributed by atoms with Crippen LogP contribution < -0.4 is 16.6 Å². The van der Waals surface area contributed by atoms with Gasteiger partial charge in [0, 0.05) is 6.20 Å². The number of phenols is 1. The molecule has 5 aromatic rings. The molecular formula is C24H19BrFN7O2. The predicted molar refractivity (Wildman–Crippen MR) is 134 cm³/mol. The summed E-state index contributed by atoms with van der Waals surface area (Å²) < 4.78 is 17.8. The summed E-state index contributed by atoms with van der Waals surface area (Å²) in [6.07, 6.45) is 2.98. The van der Waals surface area contributed by atoms with Crippen molar-refractivity contribution in [2.24, 2.45) is 0 Å². The monoisotopic (exact) mass is 535 g/mol. The SMILES string of the molecule is CC(Nc1ncnc(N)c1-c1ccc(O)c(F)c1)c1nn2ccc(Br)c2c(=O)n1-c1ccccc1. The second-order valence-electron chi connectivity index (χ2n) is 7.81. The van der Waals surface area contributed by atoms with E-state index in [1.807, 2.05) is 37.3 Å². The minimum atomic E-state index is -0.798. The molecule has 0 bridgehead atoms. The summed E-state index contributed by atoms with van der Waals surface area (Å²) in [5, 5.41) is 17.5. The fourth-order valence-corrected chi connectivity index (χ4v) is 4.35. The van der Waals surface area contributed by atoms with Gasteiger partial charge in [0.05, 0.1) is 21.8 Å². The zero-order valence-corrected chi connectivity index (χ0v) is 19.9. The summed E-state index contributed by atoms with van der Waals surface area (Å²) in [7, 11) is 0. The van der Waals surface area contributed by atoms with Crippen molar-refractivity contribution in [1.29, 1.82) is 0 Å². The first kappa shape index (κ1) is 22.5. The summed E-state index contributed by atoms with van der Waals surface area (Å²) in [4.78, 5) is 21.9. The number of phenolic OH excluding ortho intramolecular Hbond substituents is 1. The molecule has 0 saturated carbocycles. The Bertz CT molecular complexity index is 1620. The standard InChI is InChI=1S/C24H19BrFN7O2/c1-13(30-22-19(21(27)28-12-29-22)14-7-8-18(34)17(26)11-14)23-31-32-10-9-16(25)20(32)24(35)33(23)15-5-3-2-4-6-15/h2-13,34H,1H3,(H3,27,28,29,30). The van der Waals surface area contributed by atoms with E-state index in [9.17, 15) is 14.3 Å². The van der Waals surface area contributed by atoms with Gasteiger partial charge in [-0.25, -0.2) is 18.9 Å². The van der Waals surface area contributed by atoms with Gasteiger partial charge in [-0.3, -0.25) is 9.36 Å². The van der Waals surface area contributed by atoms with Gasteiger partial charge in [0.2, 0.25) is 0 Å². The number of benzene rings is 2. The molecule has 0 aliphatic carbocycles. The molecule has 0 fully saturated rings. The molecule has 0 spiro atoms. The molecule has 35 heavy (non-hydrogen) atoms. The van der Waals surface area contributed by atoms with Crippen LogP contribution in [-0.2, 0) is 0 Å². The summed E-state index contributed by atoms with van der Waals surface area (Å²) >= 11 is 3.42. The number of nitrogens with one attached hydrogen (secondary N) is 1. The maximum atomic E-state index is 14.1. The molecule has 4 N–H and O–H groups in total. The van der Waals surface area contributed by atoms with Gasteiger partial charge in [-0.05, 0) is 58.7 Å². The minimum absolute atomic E-state index is 0.123. The lowest BCUT2D eigenvalue weighted by Crippen LogP contribution is -2.29. The van der Waals surface area contributed by atoms with E-state index in [2.05, 4.69) is 31.2 Å². The topological polar surface area (TPSA) is 123 Å². The van der Waals surface area contributed by atoms with Crippen LogP contribution in [0.25, 0.3) is 22.3 Å². The Morgan fingerprint density at radius 2 is 1.91 bits per heavy atom. The fourth-order valence-electron chi connectivity index (χ4n) is 3.88. The van der Waals surface area contributed by atoms with Crippen molar-refractivity contribution in [2.45, 2.75) is 13.0 Å². The molecule has 0 aliphatic rings. The van der Waals surface area contributed by atoms with E-state index >= 15 is 0 Å². The number of aromatic hydroxyl groups is 1. The maximum absolute atomic E-state index is 14.1. The van der Waals surface area contributed by atoms with Crippen LogP contribution in [0.3, 0.4) is 0 Å². The number of nitrogens with zero attached hydrogens (tertiary/aromatic N) is 5. The molecule has 9 nitrogen and oxygen atoms in total. The van der Waals surface area contributed by atoms with Crippen molar-refractivity contribution >= 4 is 33.1 Å². The highest BCUT2D eigenvalue weighted by Gasteiger charge is 2.22. The van der Waals surface area contributed by atoms with Crippen molar-refractivity contribution in [1.82, 2.24) is 24.1 Å². The van der Waals surface area contributed by atoms with E-state index in [1.54, 1.807) is 12.3 Å². The third kappa shape index (κ3) is 3.99. The van der Waals surface area contributed by atoms with Gasteiger partial charge < -0.3 is 16.2 Å². The van der Waals surface area contributed by atoms with Crippen molar-refractivity contribution in [3.63, 3.8) is 0 Å². The molecule has 2 aromatic carbocycles. The highest BCUT2D eigenvalue weighted by atomic mass is 79.9. The number of anilines is 2. The quantitative estimate of drug-likeness (QED) is 0.306. The van der Waals surface area contributed by atoms with Crippen LogP contribution in [0.5, 0.6) is 5.75 Å². The van der Waals surface area contributed by atoms with Crippen LogP contribution >= 0.6 is 15.9 Å². The highest BCUT2D eigenvalue weighted by Crippen LogP contribution is 2.34. The second kappa shape index (κ2) is 8.84. The zero-order valence-electron chi connectivity index (χ0n) is 18.4. The Morgan fingerprint density at radius 3 is 2.66 bits per heavy atom. The highest BCUT2D eigenvalue weighted by molar-refractivity contribution is 9.10.